The fourth-order valence-electron chi connectivity index (χ4n) is 4.85. The molecule has 1 aliphatic heterocycles. The van der Waals surface area contributed by atoms with E-state index < -0.39 is 24.4 Å². The zero-order chi connectivity index (χ0) is 27.8. The Bertz CT molecular complexity index is 1440. The quantitative estimate of drug-likeness (QED) is 0.297. The number of fused-ring (bicyclic) bond motifs is 3. The number of nitriles is 1. The van der Waals surface area contributed by atoms with Gasteiger partial charge < -0.3 is 19.4 Å². The van der Waals surface area contributed by atoms with Crippen molar-refractivity contribution in [3.8, 4) is 17.2 Å². The van der Waals surface area contributed by atoms with E-state index in [1.54, 1.807) is 12.1 Å². The molecular formula is C30H29BClN3O4. The maximum atomic E-state index is 12.9. The number of alkyl carbamates (subject to hydrolysis) is 1. The molecule has 39 heavy (non-hydrogen) atoms. The SMILES string of the molecule is CC1(C)OB(C(=Cc2cc(C#N)cnc2Cl)CNC(=O)OCC2c3ccccc3-c3ccccc32)OC1(C)C. The molecular weight excluding hydrogens is 513 g/mol. The molecule has 1 N–H and O–H groups in total. The minimum absolute atomic E-state index is 0.0418. The van der Waals surface area contributed by atoms with Crippen molar-refractivity contribution in [2.45, 2.75) is 44.8 Å². The van der Waals surface area contributed by atoms with Crippen LogP contribution in [0.1, 0.15) is 55.9 Å². The van der Waals surface area contributed by atoms with Crippen LogP contribution in [0.25, 0.3) is 17.2 Å². The summed E-state index contributed by atoms with van der Waals surface area (Å²) in [6, 6.07) is 20.1. The monoisotopic (exact) mass is 541 g/mol. The van der Waals surface area contributed by atoms with Crippen molar-refractivity contribution in [2.75, 3.05) is 13.2 Å². The number of rotatable bonds is 6. The molecule has 9 heteroatoms. The van der Waals surface area contributed by atoms with E-state index in [0.29, 0.717) is 16.6 Å². The molecule has 0 bridgehead atoms. The highest BCUT2D eigenvalue weighted by Gasteiger charge is 2.52. The van der Waals surface area contributed by atoms with Crippen molar-refractivity contribution < 1.29 is 18.8 Å². The number of nitrogens with one attached hydrogen (secondary N) is 1. The molecule has 0 saturated carbocycles. The van der Waals surface area contributed by atoms with Crippen molar-refractivity contribution >= 4 is 30.9 Å². The second-order valence-electron chi connectivity index (χ2n) is 10.7. The van der Waals surface area contributed by atoms with Gasteiger partial charge in [-0.15, -0.1) is 0 Å². The minimum Gasteiger partial charge on any atom is -0.449 e. The molecule has 1 fully saturated rings. The lowest BCUT2D eigenvalue weighted by Crippen LogP contribution is -2.41. The molecule has 1 aromatic heterocycles. The predicted octanol–water partition coefficient (Wildman–Crippen LogP) is 6.16. The number of benzene rings is 2. The smallest absolute Gasteiger partial charge is 0.449 e. The zero-order valence-electron chi connectivity index (χ0n) is 22.3. The van der Waals surface area contributed by atoms with Crippen molar-refractivity contribution in [1.82, 2.24) is 10.3 Å². The van der Waals surface area contributed by atoms with E-state index in [2.05, 4.69) is 40.6 Å². The molecule has 198 valence electrons. The van der Waals surface area contributed by atoms with Gasteiger partial charge in [-0.3, -0.25) is 0 Å². The molecule has 1 saturated heterocycles. The average Bonchev–Trinajstić information content (AvgIpc) is 3.35. The third-order valence-corrected chi connectivity index (χ3v) is 7.99. The number of hydrogen-bond donors (Lipinski definition) is 1. The van der Waals surface area contributed by atoms with Crippen molar-refractivity contribution in [1.29, 1.82) is 5.26 Å². The summed E-state index contributed by atoms with van der Waals surface area (Å²) in [6.45, 7) is 8.10. The lowest BCUT2D eigenvalue weighted by atomic mass is 9.77. The lowest BCUT2D eigenvalue weighted by molar-refractivity contribution is 0.00578. The molecule has 0 spiro atoms. The summed E-state index contributed by atoms with van der Waals surface area (Å²) in [6.07, 6.45) is 2.58. The number of halogens is 1. The molecule has 2 heterocycles. The first-order chi connectivity index (χ1) is 18.6. The summed E-state index contributed by atoms with van der Waals surface area (Å²) in [7, 11) is -0.745. The molecule has 0 atom stereocenters. The molecule has 1 aliphatic carbocycles. The van der Waals surface area contributed by atoms with Crippen LogP contribution < -0.4 is 5.32 Å². The van der Waals surface area contributed by atoms with Gasteiger partial charge in [0.25, 0.3) is 0 Å². The molecule has 7 nitrogen and oxygen atoms in total. The number of nitrogens with zero attached hydrogens (tertiary/aromatic N) is 2. The number of pyridine rings is 1. The topological polar surface area (TPSA) is 93.5 Å². The van der Waals surface area contributed by atoms with Crippen LogP contribution in [0, 0.1) is 11.3 Å². The van der Waals surface area contributed by atoms with Gasteiger partial charge in [-0.05, 0) is 61.5 Å². The van der Waals surface area contributed by atoms with E-state index in [1.807, 2.05) is 52.0 Å². The van der Waals surface area contributed by atoms with Crippen molar-refractivity contribution in [2.24, 2.45) is 0 Å². The molecule has 0 radical (unpaired) electrons. The Hall–Kier alpha value is -3.64. The van der Waals surface area contributed by atoms with Crippen LogP contribution in [0.15, 0.2) is 66.3 Å². The summed E-state index contributed by atoms with van der Waals surface area (Å²) >= 11 is 6.32. The Balaban J connectivity index is 1.33. The van der Waals surface area contributed by atoms with Crippen molar-refractivity contribution in [3.63, 3.8) is 0 Å². The highest BCUT2D eigenvalue weighted by molar-refractivity contribution is 6.56. The Morgan fingerprint density at radius 1 is 1.10 bits per heavy atom. The first-order valence-corrected chi connectivity index (χ1v) is 13.2. The van der Waals surface area contributed by atoms with E-state index in [-0.39, 0.29) is 24.2 Å². The van der Waals surface area contributed by atoms with Gasteiger partial charge in [-0.1, -0.05) is 66.2 Å². The normalized spacial score (nSPS) is 17.3. The van der Waals surface area contributed by atoms with Crippen molar-refractivity contribution in [3.05, 3.63) is 93.7 Å². The highest BCUT2D eigenvalue weighted by Crippen LogP contribution is 2.44. The van der Waals surface area contributed by atoms with Gasteiger partial charge in [0.15, 0.2) is 0 Å². The fraction of sp³-hybridized carbons (Fsp3) is 0.300. The fourth-order valence-corrected chi connectivity index (χ4v) is 5.01. The van der Waals surface area contributed by atoms with Crippen LogP contribution in [0.2, 0.25) is 5.15 Å². The third-order valence-electron chi connectivity index (χ3n) is 7.67. The molecule has 2 aromatic carbocycles. The molecule has 5 rings (SSSR count). The number of carbonyl (C=O) groups excluding carboxylic acids is 1. The van der Waals surface area contributed by atoms with Gasteiger partial charge in [-0.25, -0.2) is 9.78 Å². The van der Waals surface area contributed by atoms with Crippen LogP contribution >= 0.6 is 11.6 Å². The van der Waals surface area contributed by atoms with Crippen LogP contribution in [-0.4, -0.2) is 42.5 Å². The maximum absolute atomic E-state index is 12.9. The second kappa shape index (κ2) is 10.5. The minimum atomic E-state index is -0.745. The third kappa shape index (κ3) is 5.31. The van der Waals surface area contributed by atoms with Gasteiger partial charge in [0.2, 0.25) is 0 Å². The first-order valence-electron chi connectivity index (χ1n) is 12.8. The molecule has 0 unspecified atom stereocenters. The summed E-state index contributed by atoms with van der Waals surface area (Å²) in [5.41, 5.74) is 4.94. The molecule has 2 aliphatic rings. The van der Waals surface area contributed by atoms with E-state index in [9.17, 15) is 10.1 Å². The maximum Gasteiger partial charge on any atom is 0.492 e. The predicted molar refractivity (Wildman–Crippen MR) is 151 cm³/mol. The van der Waals surface area contributed by atoms with Gasteiger partial charge in [0.1, 0.15) is 17.8 Å². The van der Waals surface area contributed by atoms with Gasteiger partial charge in [0, 0.05) is 24.2 Å². The summed E-state index contributed by atoms with van der Waals surface area (Å²) in [5.74, 6) is -0.0418. The lowest BCUT2D eigenvalue weighted by Gasteiger charge is -2.32. The number of ether oxygens (including phenoxy) is 1. The standard InChI is InChI=1S/C30H29BClN3O4/c1-29(2)30(3,4)39-31(38-29)21(14-20-13-19(15-33)16-34-27(20)32)17-35-28(36)37-18-26-24-11-7-5-9-22(24)23-10-6-8-12-25(23)26/h5-14,16,26H,17-18H2,1-4H3,(H,35,36). The largest absolute Gasteiger partial charge is 0.492 e. The van der Waals surface area contributed by atoms with E-state index in [1.165, 1.54) is 6.20 Å². The summed E-state index contributed by atoms with van der Waals surface area (Å²) in [4.78, 5) is 17.0. The zero-order valence-corrected chi connectivity index (χ0v) is 23.1. The van der Waals surface area contributed by atoms with E-state index >= 15 is 0 Å². The summed E-state index contributed by atoms with van der Waals surface area (Å²) in [5, 5.41) is 12.4. The average molecular weight is 542 g/mol. The van der Waals surface area contributed by atoms with Crippen LogP contribution in [0.3, 0.4) is 0 Å². The number of amides is 1. The number of hydrogen-bond acceptors (Lipinski definition) is 6. The van der Waals surface area contributed by atoms with Crippen LogP contribution in [0.5, 0.6) is 0 Å². The van der Waals surface area contributed by atoms with Crippen LogP contribution in [-0.2, 0) is 14.0 Å². The Morgan fingerprint density at radius 3 is 2.28 bits per heavy atom. The summed E-state index contributed by atoms with van der Waals surface area (Å²) < 4.78 is 18.2. The highest BCUT2D eigenvalue weighted by atomic mass is 35.5. The van der Waals surface area contributed by atoms with Gasteiger partial charge in [-0.2, -0.15) is 5.26 Å². The molecule has 1 amide bonds. The Kier molecular flexibility index (Phi) is 7.26. The van der Waals surface area contributed by atoms with E-state index in [4.69, 9.17) is 25.6 Å². The first kappa shape index (κ1) is 27.0. The Morgan fingerprint density at radius 2 is 1.69 bits per heavy atom. The van der Waals surface area contributed by atoms with E-state index in [0.717, 1.165) is 22.3 Å². The molecule has 3 aromatic rings. The van der Waals surface area contributed by atoms with Gasteiger partial charge in [0.05, 0.1) is 16.8 Å². The van der Waals surface area contributed by atoms with Crippen LogP contribution in [0.4, 0.5) is 4.79 Å². The number of aromatic nitrogens is 1. The van der Waals surface area contributed by atoms with Gasteiger partial charge >= 0.3 is 13.2 Å². The Labute approximate surface area is 233 Å². The number of carbonyl (C=O) groups is 1. The second-order valence-corrected chi connectivity index (χ2v) is 11.1.